The van der Waals surface area contributed by atoms with E-state index in [9.17, 15) is 9.59 Å². The molecule has 204 valence electrons. The fourth-order valence-electron chi connectivity index (χ4n) is 5.15. The molecular weight excluding hydrogens is 464 g/mol. The average Bonchev–Trinajstić information content (AvgIpc) is 2.82. The Labute approximate surface area is 223 Å². The van der Waals surface area contributed by atoms with Crippen molar-refractivity contribution in [1.29, 1.82) is 0 Å². The van der Waals surface area contributed by atoms with Crippen LogP contribution in [0.25, 0.3) is 0 Å². The lowest BCUT2D eigenvalue weighted by Crippen LogP contribution is -2.49. The lowest BCUT2D eigenvalue weighted by atomic mass is 9.82. The third kappa shape index (κ3) is 8.05. The van der Waals surface area contributed by atoms with Crippen LogP contribution < -0.4 is 10.1 Å². The number of benzene rings is 1. The smallest absolute Gasteiger partial charge is 0.247 e. The molecule has 1 N–H and O–H groups in total. The summed E-state index contributed by atoms with van der Waals surface area (Å²) in [5.41, 5.74) is 2.10. The summed E-state index contributed by atoms with van der Waals surface area (Å²) >= 11 is 0. The predicted molar refractivity (Wildman–Crippen MR) is 147 cm³/mol. The average molecular weight is 511 g/mol. The Hall–Kier alpha value is -2.38. The SMILES string of the molecule is CN(C)CCOc1ccc(C(C(=O)NC2CCC2)N(CC2=CCN(C)CC2)C(=O)CCC2CCC2)cc1. The maximum atomic E-state index is 13.8. The molecule has 0 radical (unpaired) electrons. The van der Waals surface area contributed by atoms with Crippen molar-refractivity contribution in [3.8, 4) is 5.75 Å². The Bertz CT molecular complexity index is 921. The first-order valence-electron chi connectivity index (χ1n) is 14.2. The molecule has 2 aliphatic carbocycles. The lowest BCUT2D eigenvalue weighted by Gasteiger charge is -2.36. The standard InChI is InChI=1S/C30H46N4O3/c1-32(2)20-21-37-27-13-11-25(12-14-27)29(30(36)31-26-8-5-9-26)34(22-24-16-18-33(3)19-17-24)28(35)15-10-23-6-4-7-23/h11-14,16,23,26,29H,4-10,15,17-22H2,1-3H3,(H,31,36). The predicted octanol–water partition coefficient (Wildman–Crippen LogP) is 4.01. The van der Waals surface area contributed by atoms with Crippen LogP contribution in [0.2, 0.25) is 0 Å². The van der Waals surface area contributed by atoms with Crippen LogP contribution in [0.15, 0.2) is 35.9 Å². The fourth-order valence-corrected chi connectivity index (χ4v) is 5.15. The van der Waals surface area contributed by atoms with Gasteiger partial charge in [0, 0.05) is 38.6 Å². The van der Waals surface area contributed by atoms with E-state index in [4.69, 9.17) is 4.74 Å². The number of nitrogens with one attached hydrogen (secondary N) is 1. The van der Waals surface area contributed by atoms with Crippen LogP contribution in [-0.2, 0) is 9.59 Å². The Morgan fingerprint density at radius 1 is 1.11 bits per heavy atom. The van der Waals surface area contributed by atoms with Gasteiger partial charge in [-0.1, -0.05) is 43.0 Å². The van der Waals surface area contributed by atoms with E-state index in [-0.39, 0.29) is 17.9 Å². The second-order valence-corrected chi connectivity index (χ2v) is 11.5. The number of rotatable bonds is 13. The molecule has 1 aromatic rings. The molecule has 0 spiro atoms. The number of carbonyl (C=O) groups excluding carboxylic acids is 2. The first-order valence-corrected chi connectivity index (χ1v) is 14.2. The third-order valence-corrected chi connectivity index (χ3v) is 8.21. The van der Waals surface area contributed by atoms with Crippen LogP contribution in [0.1, 0.15) is 69.4 Å². The molecule has 4 rings (SSSR count). The van der Waals surface area contributed by atoms with Gasteiger partial charge in [-0.05, 0) is 76.9 Å². The van der Waals surface area contributed by atoms with E-state index in [2.05, 4.69) is 28.2 Å². The maximum Gasteiger partial charge on any atom is 0.247 e. The van der Waals surface area contributed by atoms with Crippen molar-refractivity contribution >= 4 is 11.8 Å². The van der Waals surface area contributed by atoms with E-state index >= 15 is 0 Å². The van der Waals surface area contributed by atoms with Crippen LogP contribution in [0.5, 0.6) is 5.75 Å². The number of hydrogen-bond acceptors (Lipinski definition) is 5. The molecule has 1 aromatic carbocycles. The topological polar surface area (TPSA) is 65.1 Å². The molecule has 0 saturated heterocycles. The van der Waals surface area contributed by atoms with Crippen molar-refractivity contribution in [1.82, 2.24) is 20.0 Å². The van der Waals surface area contributed by atoms with E-state index in [1.165, 1.54) is 24.8 Å². The van der Waals surface area contributed by atoms with Gasteiger partial charge in [-0.2, -0.15) is 0 Å². The summed E-state index contributed by atoms with van der Waals surface area (Å²) in [6.07, 6.45) is 11.5. The normalized spacial score (nSPS) is 19.5. The Balaban J connectivity index is 1.56. The molecular formula is C30H46N4O3. The molecule has 2 amide bonds. The molecule has 37 heavy (non-hydrogen) atoms. The summed E-state index contributed by atoms with van der Waals surface area (Å²) in [6.45, 7) is 3.82. The number of ether oxygens (including phenoxy) is 1. The van der Waals surface area contributed by atoms with Crippen LogP contribution in [0, 0.1) is 5.92 Å². The van der Waals surface area contributed by atoms with Gasteiger partial charge in [-0.3, -0.25) is 9.59 Å². The van der Waals surface area contributed by atoms with Crippen LogP contribution >= 0.6 is 0 Å². The highest BCUT2D eigenvalue weighted by Crippen LogP contribution is 2.33. The van der Waals surface area contributed by atoms with Gasteiger partial charge in [0.05, 0.1) is 0 Å². The number of nitrogens with zero attached hydrogens (tertiary/aromatic N) is 3. The fraction of sp³-hybridized carbons (Fsp3) is 0.667. The second-order valence-electron chi connectivity index (χ2n) is 11.5. The van der Waals surface area contributed by atoms with Crippen LogP contribution in [0.3, 0.4) is 0 Å². The summed E-state index contributed by atoms with van der Waals surface area (Å²) < 4.78 is 5.89. The van der Waals surface area contributed by atoms with Crippen molar-refractivity contribution in [2.75, 3.05) is 53.9 Å². The quantitative estimate of drug-likeness (QED) is 0.406. The number of carbonyl (C=O) groups is 2. The van der Waals surface area contributed by atoms with Gasteiger partial charge >= 0.3 is 0 Å². The summed E-state index contributed by atoms with van der Waals surface area (Å²) in [5.74, 6) is 1.47. The van der Waals surface area contributed by atoms with Gasteiger partial charge in [0.2, 0.25) is 11.8 Å². The lowest BCUT2D eigenvalue weighted by molar-refractivity contribution is -0.141. The number of hydrogen-bond donors (Lipinski definition) is 1. The summed E-state index contributed by atoms with van der Waals surface area (Å²) in [4.78, 5) is 33.7. The molecule has 3 aliphatic rings. The second kappa shape index (κ2) is 13.4. The number of likely N-dealkylation sites (N-methyl/N-ethyl adjacent to an activating group) is 2. The molecule has 7 heteroatoms. The van der Waals surface area contributed by atoms with Crippen molar-refractivity contribution in [2.24, 2.45) is 5.92 Å². The van der Waals surface area contributed by atoms with Crippen LogP contribution in [-0.4, -0.2) is 86.5 Å². The molecule has 7 nitrogen and oxygen atoms in total. The van der Waals surface area contributed by atoms with Crippen molar-refractivity contribution in [3.05, 3.63) is 41.5 Å². The Morgan fingerprint density at radius 2 is 1.84 bits per heavy atom. The third-order valence-electron chi connectivity index (χ3n) is 8.21. The highest BCUT2D eigenvalue weighted by Gasteiger charge is 2.34. The zero-order valence-corrected chi connectivity index (χ0v) is 23.1. The molecule has 1 atom stereocenters. The Kier molecular flexibility index (Phi) is 10.0. The molecule has 1 unspecified atom stereocenters. The summed E-state index contributed by atoms with van der Waals surface area (Å²) in [6, 6.07) is 7.38. The minimum Gasteiger partial charge on any atom is -0.492 e. The van der Waals surface area contributed by atoms with Crippen molar-refractivity contribution in [3.63, 3.8) is 0 Å². The van der Waals surface area contributed by atoms with Gasteiger partial charge in [0.1, 0.15) is 18.4 Å². The minimum atomic E-state index is -0.633. The van der Waals surface area contributed by atoms with E-state index in [1.54, 1.807) is 0 Å². The monoisotopic (exact) mass is 510 g/mol. The van der Waals surface area contributed by atoms with Gasteiger partial charge in [-0.15, -0.1) is 0 Å². The maximum absolute atomic E-state index is 13.8. The minimum absolute atomic E-state index is 0.0588. The first-order chi connectivity index (χ1) is 17.9. The van der Waals surface area contributed by atoms with E-state index in [0.717, 1.165) is 63.1 Å². The molecule has 1 heterocycles. The highest BCUT2D eigenvalue weighted by atomic mass is 16.5. The molecule has 1 aliphatic heterocycles. The Morgan fingerprint density at radius 3 is 2.41 bits per heavy atom. The highest BCUT2D eigenvalue weighted by molar-refractivity contribution is 5.89. The molecule has 0 bridgehead atoms. The molecule has 2 fully saturated rings. The van der Waals surface area contributed by atoms with E-state index < -0.39 is 6.04 Å². The zero-order valence-electron chi connectivity index (χ0n) is 23.1. The first kappa shape index (κ1) is 27.6. The van der Waals surface area contributed by atoms with Crippen LogP contribution in [0.4, 0.5) is 0 Å². The number of amides is 2. The van der Waals surface area contributed by atoms with Crippen molar-refractivity contribution < 1.29 is 14.3 Å². The van der Waals surface area contributed by atoms with Gasteiger partial charge in [0.25, 0.3) is 0 Å². The van der Waals surface area contributed by atoms with Gasteiger partial charge < -0.3 is 24.8 Å². The molecule has 0 aromatic heterocycles. The largest absolute Gasteiger partial charge is 0.492 e. The van der Waals surface area contributed by atoms with E-state index in [1.807, 2.05) is 43.3 Å². The van der Waals surface area contributed by atoms with Crippen molar-refractivity contribution in [2.45, 2.75) is 69.9 Å². The summed E-state index contributed by atoms with van der Waals surface area (Å²) in [7, 11) is 6.16. The van der Waals surface area contributed by atoms with E-state index in [0.29, 0.717) is 25.5 Å². The zero-order chi connectivity index (χ0) is 26.2. The molecule has 2 saturated carbocycles. The van der Waals surface area contributed by atoms with Gasteiger partial charge in [-0.25, -0.2) is 0 Å². The summed E-state index contributed by atoms with van der Waals surface area (Å²) in [5, 5.41) is 3.25. The van der Waals surface area contributed by atoms with Gasteiger partial charge in [0.15, 0.2) is 0 Å².